The third-order valence-corrected chi connectivity index (χ3v) is 7.39. The van der Waals surface area contributed by atoms with Crippen molar-refractivity contribution >= 4 is 23.5 Å². The quantitative estimate of drug-likeness (QED) is 0.168. The average molecular weight is 514 g/mol. The first-order valence-electron chi connectivity index (χ1n) is 7.74. The van der Waals surface area contributed by atoms with E-state index in [0.717, 1.165) is 13.3 Å². The number of hydrogen-bond donors (Lipinski definition) is 7. The van der Waals surface area contributed by atoms with Gasteiger partial charge in [-0.15, -0.1) is 0 Å². The van der Waals surface area contributed by atoms with Crippen LogP contribution in [-0.4, -0.2) is 71.4 Å². The summed E-state index contributed by atoms with van der Waals surface area (Å²) in [5.74, 6) is -0.346. The number of nitrogens with zero attached hydrogens (tertiary/aromatic N) is 1. The Kier molecular flexibility index (Phi) is 7.83. The molecule has 1 saturated heterocycles. The van der Waals surface area contributed by atoms with Gasteiger partial charge in [-0.3, -0.25) is 18.9 Å². The Balaban J connectivity index is 2.12. The van der Waals surface area contributed by atoms with Gasteiger partial charge in [-0.25, -0.2) is 18.5 Å². The maximum atomic E-state index is 11.9. The molecule has 0 bridgehead atoms. The summed E-state index contributed by atoms with van der Waals surface area (Å²) in [6, 6.07) is 0. The minimum Gasteiger partial charge on any atom is -0.490 e. The fourth-order valence-corrected chi connectivity index (χ4v) is 5.40. The number of methoxy groups -OCH3 is 1. The molecule has 0 aliphatic carbocycles. The Labute approximate surface area is 171 Å². The summed E-state index contributed by atoms with van der Waals surface area (Å²) in [5, 5.41) is 20.1. The van der Waals surface area contributed by atoms with Crippen LogP contribution in [0.4, 0.5) is 0 Å². The standard InChI is InChI=1S/C10H17N2O16P3/c1-24-4-2-12(10(16)11-8(4)15)9-7(14)6(13)5(26-9)3-25-30(20,21)28-31(22,23)27-29(17,18)19/h2,5-7,9,13-14H,3H2,1H3,(H,20,21)(H,22,23)(H,11,15,16)(H2,17,18,19)/t5-,6?,7?,9-/m0/s1. The highest BCUT2D eigenvalue weighted by molar-refractivity contribution is 7.66. The zero-order chi connectivity index (χ0) is 23.8. The molecule has 6 atom stereocenters. The molecule has 0 saturated carbocycles. The van der Waals surface area contributed by atoms with Crippen LogP contribution in [0.5, 0.6) is 5.75 Å². The van der Waals surface area contributed by atoms with Crippen molar-refractivity contribution < 1.29 is 66.1 Å². The molecule has 1 aliphatic rings. The molecule has 2 rings (SSSR count). The zero-order valence-electron chi connectivity index (χ0n) is 15.1. The summed E-state index contributed by atoms with van der Waals surface area (Å²) < 4.78 is 55.5. The van der Waals surface area contributed by atoms with E-state index in [9.17, 15) is 38.4 Å². The van der Waals surface area contributed by atoms with Crippen LogP contribution in [0.3, 0.4) is 0 Å². The number of aliphatic hydroxyl groups is 2. The summed E-state index contributed by atoms with van der Waals surface area (Å²) in [7, 11) is -15.7. The van der Waals surface area contributed by atoms with Gasteiger partial charge in [0, 0.05) is 0 Å². The topological polar surface area (TPSA) is 274 Å². The van der Waals surface area contributed by atoms with Crippen molar-refractivity contribution in [3.63, 3.8) is 0 Å². The third-order valence-electron chi connectivity index (χ3n) is 3.58. The predicted molar refractivity (Wildman–Crippen MR) is 93.6 cm³/mol. The number of H-pyrrole nitrogens is 1. The van der Waals surface area contributed by atoms with Gasteiger partial charge < -0.3 is 39.3 Å². The van der Waals surface area contributed by atoms with Crippen molar-refractivity contribution in [1.82, 2.24) is 9.55 Å². The van der Waals surface area contributed by atoms with Crippen molar-refractivity contribution in [2.45, 2.75) is 24.5 Å². The summed E-state index contributed by atoms with van der Waals surface area (Å²) in [5.41, 5.74) is -1.95. The SMILES string of the molecule is COc1cn([C@H]2O[C@@H](COP(=O)(O)OP(=O)(O)OP(=O)(O)O)C(O)C2O)c(=O)[nH]c1=O. The highest BCUT2D eigenvalue weighted by Gasteiger charge is 2.46. The normalized spacial score (nSPS) is 28.1. The molecule has 1 aromatic heterocycles. The first-order chi connectivity index (χ1) is 14.1. The molecule has 1 aromatic rings. The van der Waals surface area contributed by atoms with Crippen molar-refractivity contribution in [2.75, 3.05) is 13.7 Å². The van der Waals surface area contributed by atoms with Gasteiger partial charge in [0.15, 0.2) is 6.23 Å². The van der Waals surface area contributed by atoms with Crippen molar-refractivity contribution in [3.05, 3.63) is 27.0 Å². The fraction of sp³-hybridized carbons (Fsp3) is 0.600. The van der Waals surface area contributed by atoms with Gasteiger partial charge in [-0.1, -0.05) is 0 Å². The van der Waals surface area contributed by atoms with Crippen molar-refractivity contribution in [2.24, 2.45) is 0 Å². The maximum Gasteiger partial charge on any atom is 0.490 e. The first-order valence-corrected chi connectivity index (χ1v) is 12.3. The lowest BCUT2D eigenvalue weighted by atomic mass is 10.1. The number of aromatic nitrogens is 2. The van der Waals surface area contributed by atoms with Crippen LogP contribution >= 0.6 is 23.5 Å². The van der Waals surface area contributed by atoms with Gasteiger partial charge in [-0.05, 0) is 0 Å². The van der Waals surface area contributed by atoms with Crippen LogP contribution in [-0.2, 0) is 31.6 Å². The molecule has 4 unspecified atom stereocenters. The second-order valence-corrected chi connectivity index (χ2v) is 10.2. The molecular weight excluding hydrogens is 497 g/mol. The summed E-state index contributed by atoms with van der Waals surface area (Å²) in [6.07, 6.45) is -6.02. The van der Waals surface area contributed by atoms with E-state index >= 15 is 0 Å². The zero-order valence-corrected chi connectivity index (χ0v) is 17.8. The number of nitrogens with one attached hydrogen (secondary N) is 1. The molecule has 178 valence electrons. The molecule has 7 N–H and O–H groups in total. The fourth-order valence-electron chi connectivity index (χ4n) is 2.37. The highest BCUT2D eigenvalue weighted by Crippen LogP contribution is 2.66. The van der Waals surface area contributed by atoms with Crippen molar-refractivity contribution in [1.29, 1.82) is 0 Å². The second kappa shape index (κ2) is 9.33. The predicted octanol–water partition coefficient (Wildman–Crippen LogP) is -2.49. The van der Waals surface area contributed by atoms with E-state index < -0.39 is 65.9 Å². The molecule has 18 nitrogen and oxygen atoms in total. The number of aliphatic hydroxyl groups excluding tert-OH is 2. The van der Waals surface area contributed by atoms with E-state index in [-0.39, 0.29) is 5.75 Å². The summed E-state index contributed by atoms with van der Waals surface area (Å²) >= 11 is 0. The maximum absolute atomic E-state index is 11.9. The molecule has 1 aliphatic heterocycles. The third kappa shape index (κ3) is 6.87. The average Bonchev–Trinajstić information content (AvgIpc) is 2.85. The number of ether oxygens (including phenoxy) is 2. The molecule has 0 radical (unpaired) electrons. The van der Waals surface area contributed by atoms with Crippen LogP contribution in [0.25, 0.3) is 0 Å². The van der Waals surface area contributed by atoms with E-state index in [4.69, 9.17) is 24.2 Å². The molecule has 0 spiro atoms. The first kappa shape index (κ1) is 26.0. The molecule has 0 amide bonds. The smallest absolute Gasteiger partial charge is 0.490 e. The Morgan fingerprint density at radius 2 is 1.68 bits per heavy atom. The Morgan fingerprint density at radius 1 is 1.06 bits per heavy atom. The lowest BCUT2D eigenvalue weighted by molar-refractivity contribution is -0.0544. The largest absolute Gasteiger partial charge is 0.490 e. The molecular formula is C10H17N2O16P3. The molecule has 1 fully saturated rings. The molecule has 2 heterocycles. The van der Waals surface area contributed by atoms with E-state index in [1.54, 1.807) is 0 Å². The van der Waals surface area contributed by atoms with Crippen LogP contribution in [0.1, 0.15) is 6.23 Å². The van der Waals surface area contributed by atoms with E-state index in [0.29, 0.717) is 4.57 Å². The van der Waals surface area contributed by atoms with E-state index in [1.807, 2.05) is 4.98 Å². The Hall–Kier alpha value is -1.23. The minimum absolute atomic E-state index is 0.346. The number of rotatable bonds is 9. The summed E-state index contributed by atoms with van der Waals surface area (Å²) in [4.78, 5) is 60.7. The van der Waals surface area contributed by atoms with Gasteiger partial charge in [0.05, 0.1) is 19.9 Å². The van der Waals surface area contributed by atoms with Crippen LogP contribution in [0, 0.1) is 0 Å². The van der Waals surface area contributed by atoms with Gasteiger partial charge in [0.25, 0.3) is 5.56 Å². The van der Waals surface area contributed by atoms with Gasteiger partial charge >= 0.3 is 29.2 Å². The molecule has 0 aromatic carbocycles. The monoisotopic (exact) mass is 514 g/mol. The van der Waals surface area contributed by atoms with Crippen LogP contribution in [0.15, 0.2) is 15.8 Å². The number of hydrogen-bond acceptors (Lipinski definition) is 12. The van der Waals surface area contributed by atoms with Crippen LogP contribution < -0.4 is 16.0 Å². The molecule has 21 heteroatoms. The van der Waals surface area contributed by atoms with Gasteiger partial charge in [0.2, 0.25) is 5.75 Å². The van der Waals surface area contributed by atoms with E-state index in [2.05, 4.69) is 13.1 Å². The minimum atomic E-state index is -5.75. The number of phosphoric acid groups is 3. The van der Waals surface area contributed by atoms with Gasteiger partial charge in [-0.2, -0.15) is 8.62 Å². The Bertz CT molecular complexity index is 1060. The number of phosphoric ester groups is 1. The second-order valence-electron chi connectivity index (χ2n) is 5.80. The Morgan fingerprint density at radius 3 is 2.23 bits per heavy atom. The molecule has 31 heavy (non-hydrogen) atoms. The number of aromatic amines is 1. The van der Waals surface area contributed by atoms with Gasteiger partial charge in [0.1, 0.15) is 18.3 Å². The van der Waals surface area contributed by atoms with E-state index in [1.165, 1.54) is 0 Å². The highest BCUT2D eigenvalue weighted by atomic mass is 31.3. The van der Waals surface area contributed by atoms with Crippen molar-refractivity contribution in [3.8, 4) is 5.75 Å². The lowest BCUT2D eigenvalue weighted by Crippen LogP contribution is -2.38. The summed E-state index contributed by atoms with van der Waals surface area (Å²) in [6.45, 7) is -1.08. The lowest BCUT2D eigenvalue weighted by Gasteiger charge is -2.19. The van der Waals surface area contributed by atoms with Crippen LogP contribution in [0.2, 0.25) is 0 Å².